The maximum absolute atomic E-state index is 12.9. The van der Waals surface area contributed by atoms with Crippen molar-refractivity contribution in [1.29, 1.82) is 0 Å². The molecule has 0 radical (unpaired) electrons. The zero-order valence-electron chi connectivity index (χ0n) is 10.0. The molecule has 0 bridgehead atoms. The lowest BCUT2D eigenvalue weighted by molar-refractivity contribution is 0.0947. The van der Waals surface area contributed by atoms with Gasteiger partial charge in [-0.1, -0.05) is 0 Å². The lowest BCUT2D eigenvalue weighted by atomic mass is 10.1. The van der Waals surface area contributed by atoms with Gasteiger partial charge in [0.25, 0.3) is 5.91 Å². The number of benzene rings is 1. The molecule has 1 aliphatic heterocycles. The molecule has 1 fully saturated rings. The van der Waals surface area contributed by atoms with E-state index < -0.39 is 23.4 Å². The first kappa shape index (κ1) is 15.8. The molecule has 1 aliphatic rings. The SMILES string of the molecule is Cl.O=C(NCC1CCNC1)c1cc(F)c(F)c(F)c1. The average Bonchev–Trinajstić information content (AvgIpc) is 2.85. The maximum atomic E-state index is 12.9. The molecule has 7 heteroatoms. The molecule has 0 aliphatic carbocycles. The van der Waals surface area contributed by atoms with E-state index in [9.17, 15) is 18.0 Å². The highest BCUT2D eigenvalue weighted by atomic mass is 35.5. The fraction of sp³-hybridized carbons (Fsp3) is 0.417. The number of amides is 1. The number of halogens is 4. The first-order chi connectivity index (χ1) is 8.58. The van der Waals surface area contributed by atoms with Gasteiger partial charge in [0.2, 0.25) is 0 Å². The number of rotatable bonds is 3. The second-order valence-corrected chi connectivity index (χ2v) is 4.32. The van der Waals surface area contributed by atoms with Crippen LogP contribution in [0.3, 0.4) is 0 Å². The summed E-state index contributed by atoms with van der Waals surface area (Å²) in [5.41, 5.74) is -0.211. The molecule has 1 atom stereocenters. The van der Waals surface area contributed by atoms with Crippen LogP contribution in [0, 0.1) is 23.4 Å². The largest absolute Gasteiger partial charge is 0.352 e. The predicted molar refractivity (Wildman–Crippen MR) is 66.9 cm³/mol. The molecular formula is C12H14ClF3N2O. The van der Waals surface area contributed by atoms with Gasteiger partial charge in [0, 0.05) is 12.1 Å². The highest BCUT2D eigenvalue weighted by Gasteiger charge is 2.18. The van der Waals surface area contributed by atoms with Gasteiger partial charge in [-0.2, -0.15) is 0 Å². The van der Waals surface area contributed by atoms with Crippen LogP contribution in [0.15, 0.2) is 12.1 Å². The fourth-order valence-corrected chi connectivity index (χ4v) is 1.91. The molecule has 1 amide bonds. The first-order valence-corrected chi connectivity index (χ1v) is 5.71. The third-order valence-corrected chi connectivity index (χ3v) is 2.96. The molecule has 2 N–H and O–H groups in total. The first-order valence-electron chi connectivity index (χ1n) is 5.71. The van der Waals surface area contributed by atoms with Crippen LogP contribution in [0.5, 0.6) is 0 Å². The van der Waals surface area contributed by atoms with Crippen molar-refractivity contribution in [3.63, 3.8) is 0 Å². The molecule has 2 rings (SSSR count). The van der Waals surface area contributed by atoms with Gasteiger partial charge in [-0.3, -0.25) is 4.79 Å². The Morgan fingerprint density at radius 2 is 1.95 bits per heavy atom. The second kappa shape index (κ2) is 6.77. The van der Waals surface area contributed by atoms with Gasteiger partial charge in [0.1, 0.15) is 0 Å². The average molecular weight is 295 g/mol. The fourth-order valence-electron chi connectivity index (χ4n) is 1.91. The zero-order chi connectivity index (χ0) is 13.1. The lowest BCUT2D eigenvalue weighted by Gasteiger charge is -2.10. The molecule has 1 unspecified atom stereocenters. The molecule has 1 aromatic carbocycles. The van der Waals surface area contributed by atoms with Crippen molar-refractivity contribution in [3.8, 4) is 0 Å². The molecule has 106 valence electrons. The number of hydrogen-bond donors (Lipinski definition) is 2. The topological polar surface area (TPSA) is 41.1 Å². The minimum Gasteiger partial charge on any atom is -0.352 e. The number of carbonyl (C=O) groups excluding carboxylic acids is 1. The van der Waals surface area contributed by atoms with E-state index >= 15 is 0 Å². The van der Waals surface area contributed by atoms with E-state index in [0.29, 0.717) is 24.6 Å². The monoisotopic (exact) mass is 294 g/mol. The lowest BCUT2D eigenvalue weighted by Crippen LogP contribution is -2.30. The summed E-state index contributed by atoms with van der Waals surface area (Å²) in [5.74, 6) is -4.55. The Hall–Kier alpha value is -1.27. The Kier molecular flexibility index (Phi) is 5.62. The quantitative estimate of drug-likeness (QED) is 0.836. The van der Waals surface area contributed by atoms with E-state index in [2.05, 4.69) is 10.6 Å². The summed E-state index contributed by atoms with van der Waals surface area (Å²) < 4.78 is 38.6. The van der Waals surface area contributed by atoms with Crippen LogP contribution < -0.4 is 10.6 Å². The van der Waals surface area contributed by atoms with Crippen molar-refractivity contribution in [2.24, 2.45) is 5.92 Å². The van der Waals surface area contributed by atoms with E-state index in [1.165, 1.54) is 0 Å². The van der Waals surface area contributed by atoms with Crippen LogP contribution in [0.25, 0.3) is 0 Å². The summed E-state index contributed by atoms with van der Waals surface area (Å²) in [5, 5.41) is 5.72. The van der Waals surface area contributed by atoms with Crippen molar-refractivity contribution in [2.75, 3.05) is 19.6 Å². The third-order valence-electron chi connectivity index (χ3n) is 2.96. The number of nitrogens with one attached hydrogen (secondary N) is 2. The van der Waals surface area contributed by atoms with Crippen LogP contribution in [-0.2, 0) is 0 Å². The van der Waals surface area contributed by atoms with Crippen LogP contribution in [0.1, 0.15) is 16.8 Å². The standard InChI is InChI=1S/C12H13F3N2O.ClH/c13-9-3-8(4-10(14)11(9)15)12(18)17-6-7-1-2-16-5-7;/h3-4,7,16H,1-2,5-6H2,(H,17,18);1H. The van der Waals surface area contributed by atoms with E-state index in [0.717, 1.165) is 19.5 Å². The number of carbonyl (C=O) groups is 1. The summed E-state index contributed by atoms with van der Waals surface area (Å²) in [4.78, 5) is 11.6. The zero-order valence-corrected chi connectivity index (χ0v) is 10.8. The molecule has 1 heterocycles. The molecular weight excluding hydrogens is 281 g/mol. The highest BCUT2D eigenvalue weighted by molar-refractivity contribution is 5.94. The molecule has 0 aromatic heterocycles. The van der Waals surface area contributed by atoms with E-state index in [4.69, 9.17) is 0 Å². The molecule has 1 aromatic rings. The molecule has 1 saturated heterocycles. The Balaban J connectivity index is 0.00000180. The Morgan fingerprint density at radius 1 is 1.32 bits per heavy atom. The molecule has 3 nitrogen and oxygen atoms in total. The Morgan fingerprint density at radius 3 is 2.47 bits per heavy atom. The maximum Gasteiger partial charge on any atom is 0.251 e. The summed E-state index contributed by atoms with van der Waals surface area (Å²) in [6.45, 7) is 2.15. The summed E-state index contributed by atoms with van der Waals surface area (Å²) in [6, 6.07) is 1.39. The van der Waals surface area contributed by atoms with Crippen molar-refractivity contribution in [2.45, 2.75) is 6.42 Å². The summed E-state index contributed by atoms with van der Waals surface area (Å²) >= 11 is 0. The summed E-state index contributed by atoms with van der Waals surface area (Å²) in [7, 11) is 0. The van der Waals surface area contributed by atoms with Gasteiger partial charge in [-0.25, -0.2) is 13.2 Å². The van der Waals surface area contributed by atoms with Crippen LogP contribution >= 0.6 is 12.4 Å². The van der Waals surface area contributed by atoms with Crippen molar-refractivity contribution >= 4 is 18.3 Å². The normalized spacial score (nSPS) is 17.9. The number of hydrogen-bond acceptors (Lipinski definition) is 2. The van der Waals surface area contributed by atoms with Crippen molar-refractivity contribution in [1.82, 2.24) is 10.6 Å². The van der Waals surface area contributed by atoms with Crippen molar-refractivity contribution in [3.05, 3.63) is 35.1 Å². The highest BCUT2D eigenvalue weighted by Crippen LogP contribution is 2.14. The van der Waals surface area contributed by atoms with Crippen LogP contribution in [0.2, 0.25) is 0 Å². The van der Waals surface area contributed by atoms with Gasteiger partial charge < -0.3 is 10.6 Å². The molecule has 0 saturated carbocycles. The Labute approximate surface area is 115 Å². The van der Waals surface area contributed by atoms with E-state index in [-0.39, 0.29) is 18.0 Å². The second-order valence-electron chi connectivity index (χ2n) is 4.32. The smallest absolute Gasteiger partial charge is 0.251 e. The minimum absolute atomic E-state index is 0. The van der Waals surface area contributed by atoms with Gasteiger partial charge in [0.05, 0.1) is 0 Å². The van der Waals surface area contributed by atoms with E-state index in [1.807, 2.05) is 0 Å². The molecule has 0 spiro atoms. The van der Waals surface area contributed by atoms with Gasteiger partial charge >= 0.3 is 0 Å². The van der Waals surface area contributed by atoms with Gasteiger partial charge in [-0.15, -0.1) is 12.4 Å². The molecule has 19 heavy (non-hydrogen) atoms. The minimum atomic E-state index is -1.56. The van der Waals surface area contributed by atoms with Crippen molar-refractivity contribution < 1.29 is 18.0 Å². The summed E-state index contributed by atoms with van der Waals surface area (Å²) in [6.07, 6.45) is 0.951. The van der Waals surface area contributed by atoms with Gasteiger partial charge in [-0.05, 0) is 37.6 Å². The van der Waals surface area contributed by atoms with Gasteiger partial charge in [0.15, 0.2) is 17.5 Å². The van der Waals surface area contributed by atoms with Crippen LogP contribution in [0.4, 0.5) is 13.2 Å². The van der Waals surface area contributed by atoms with Crippen LogP contribution in [-0.4, -0.2) is 25.5 Å². The third kappa shape index (κ3) is 3.84. The van der Waals surface area contributed by atoms with E-state index in [1.54, 1.807) is 0 Å². The Bertz CT molecular complexity index is 441. The predicted octanol–water partition coefficient (Wildman–Crippen LogP) is 1.86.